The fourth-order valence-electron chi connectivity index (χ4n) is 3.15. The number of sulfonamides is 1. The van der Waals surface area contributed by atoms with Crippen LogP contribution in [0.3, 0.4) is 0 Å². The Balaban J connectivity index is 2.00. The van der Waals surface area contributed by atoms with Crippen LogP contribution < -0.4 is 5.32 Å². The summed E-state index contributed by atoms with van der Waals surface area (Å²) < 4.78 is 38.4. The molecule has 2 rings (SSSR count). The van der Waals surface area contributed by atoms with Gasteiger partial charge in [0.05, 0.1) is 18.8 Å². The zero-order valence-corrected chi connectivity index (χ0v) is 15.0. The van der Waals surface area contributed by atoms with Crippen LogP contribution in [0.1, 0.15) is 50.6 Å². The quantitative estimate of drug-likeness (QED) is 0.852. The predicted octanol–water partition coefficient (Wildman–Crippen LogP) is 2.60. The summed E-state index contributed by atoms with van der Waals surface area (Å²) >= 11 is 0. The molecule has 0 spiro atoms. The number of benzene rings is 1. The maximum Gasteiger partial charge on any atom is 0.235 e. The van der Waals surface area contributed by atoms with Gasteiger partial charge in [-0.05, 0) is 37.5 Å². The number of hydrogen-bond acceptors (Lipinski definition) is 3. The van der Waals surface area contributed by atoms with Crippen LogP contribution in [-0.2, 0) is 14.8 Å². The molecular formula is C17H25FN2O3S. The second-order valence-corrected chi connectivity index (χ2v) is 8.38. The van der Waals surface area contributed by atoms with Gasteiger partial charge in [0.15, 0.2) is 0 Å². The largest absolute Gasteiger partial charge is 0.348 e. The molecule has 5 nitrogen and oxygen atoms in total. The van der Waals surface area contributed by atoms with Gasteiger partial charge >= 0.3 is 0 Å². The molecule has 0 aromatic heterocycles. The van der Waals surface area contributed by atoms with Gasteiger partial charge in [0.25, 0.3) is 0 Å². The summed E-state index contributed by atoms with van der Waals surface area (Å²) in [5, 5.41) is 2.79. The topological polar surface area (TPSA) is 66.5 Å². The lowest BCUT2D eigenvalue weighted by molar-refractivity contribution is -0.122. The van der Waals surface area contributed by atoms with E-state index in [0.29, 0.717) is 0 Å². The van der Waals surface area contributed by atoms with Crippen molar-refractivity contribution in [2.45, 2.75) is 51.1 Å². The second-order valence-electron chi connectivity index (χ2n) is 6.44. The lowest BCUT2D eigenvalue weighted by Gasteiger charge is -2.32. The summed E-state index contributed by atoms with van der Waals surface area (Å²) in [6.45, 7) is 1.62. The molecule has 1 fully saturated rings. The molecule has 1 aliphatic carbocycles. The molecule has 1 aromatic carbocycles. The summed E-state index contributed by atoms with van der Waals surface area (Å²) in [7, 11) is -3.44. The Bertz CT molecular complexity index is 655. The van der Waals surface area contributed by atoms with Crippen LogP contribution in [0, 0.1) is 5.82 Å². The first-order valence-corrected chi connectivity index (χ1v) is 10.1. The Kier molecular flexibility index (Phi) is 6.34. The predicted molar refractivity (Wildman–Crippen MR) is 91.4 cm³/mol. The normalized spacial score (nSPS) is 17.7. The SMILES string of the molecule is CC(NC(=O)CN(C1CCCCC1)S(C)(=O)=O)c1ccc(F)cc1. The van der Waals surface area contributed by atoms with Crippen LogP contribution in [0.25, 0.3) is 0 Å². The van der Waals surface area contributed by atoms with Crippen molar-refractivity contribution in [3.05, 3.63) is 35.6 Å². The Labute approximate surface area is 143 Å². The molecule has 0 aliphatic heterocycles. The minimum atomic E-state index is -3.44. The van der Waals surface area contributed by atoms with E-state index in [1.807, 2.05) is 0 Å². The highest BCUT2D eigenvalue weighted by Crippen LogP contribution is 2.24. The monoisotopic (exact) mass is 356 g/mol. The minimum absolute atomic E-state index is 0.0966. The maximum atomic E-state index is 13.0. The smallest absolute Gasteiger partial charge is 0.235 e. The van der Waals surface area contributed by atoms with Gasteiger partial charge in [-0.1, -0.05) is 31.4 Å². The Morgan fingerprint density at radius 2 is 1.83 bits per heavy atom. The standard InChI is InChI=1S/C17H25FN2O3S/c1-13(14-8-10-15(18)11-9-14)19-17(21)12-20(24(2,22)23)16-6-4-3-5-7-16/h8-11,13,16H,3-7,12H2,1-2H3,(H,19,21). The molecule has 1 amide bonds. The highest BCUT2D eigenvalue weighted by Gasteiger charge is 2.30. The highest BCUT2D eigenvalue weighted by molar-refractivity contribution is 7.88. The van der Waals surface area contributed by atoms with E-state index < -0.39 is 10.0 Å². The van der Waals surface area contributed by atoms with Crippen molar-refractivity contribution in [3.8, 4) is 0 Å². The van der Waals surface area contributed by atoms with Crippen molar-refractivity contribution in [2.24, 2.45) is 0 Å². The maximum absolute atomic E-state index is 13.0. The summed E-state index contributed by atoms with van der Waals surface area (Å²) in [4.78, 5) is 12.3. The molecule has 0 heterocycles. The average Bonchev–Trinajstić information content (AvgIpc) is 2.53. The summed E-state index contributed by atoms with van der Waals surface area (Å²) in [5.74, 6) is -0.680. The van der Waals surface area contributed by atoms with Crippen molar-refractivity contribution < 1.29 is 17.6 Å². The first-order chi connectivity index (χ1) is 11.3. The Morgan fingerprint density at radius 1 is 1.25 bits per heavy atom. The van der Waals surface area contributed by atoms with Crippen LogP contribution in [0.4, 0.5) is 4.39 Å². The van der Waals surface area contributed by atoms with Gasteiger partial charge in [-0.3, -0.25) is 4.79 Å². The van der Waals surface area contributed by atoms with E-state index in [-0.39, 0.29) is 30.4 Å². The van der Waals surface area contributed by atoms with Gasteiger partial charge in [0, 0.05) is 6.04 Å². The average molecular weight is 356 g/mol. The molecule has 24 heavy (non-hydrogen) atoms. The number of nitrogens with one attached hydrogen (secondary N) is 1. The van der Waals surface area contributed by atoms with Gasteiger partial charge in [-0.2, -0.15) is 4.31 Å². The van der Waals surface area contributed by atoms with E-state index in [1.54, 1.807) is 19.1 Å². The van der Waals surface area contributed by atoms with E-state index in [1.165, 1.54) is 16.4 Å². The van der Waals surface area contributed by atoms with E-state index >= 15 is 0 Å². The fraction of sp³-hybridized carbons (Fsp3) is 0.588. The first kappa shape index (κ1) is 18.9. The highest BCUT2D eigenvalue weighted by atomic mass is 32.2. The molecule has 1 saturated carbocycles. The Hall–Kier alpha value is -1.47. The van der Waals surface area contributed by atoms with Gasteiger partial charge < -0.3 is 5.32 Å². The lowest BCUT2D eigenvalue weighted by Crippen LogP contribution is -2.46. The number of carbonyl (C=O) groups is 1. The van der Waals surface area contributed by atoms with Crippen molar-refractivity contribution in [1.29, 1.82) is 0 Å². The molecule has 1 unspecified atom stereocenters. The molecule has 0 saturated heterocycles. The van der Waals surface area contributed by atoms with Crippen molar-refractivity contribution in [1.82, 2.24) is 9.62 Å². The number of nitrogens with zero attached hydrogens (tertiary/aromatic N) is 1. The minimum Gasteiger partial charge on any atom is -0.348 e. The van der Waals surface area contributed by atoms with E-state index in [4.69, 9.17) is 0 Å². The molecule has 1 N–H and O–H groups in total. The van der Waals surface area contributed by atoms with E-state index in [2.05, 4.69) is 5.32 Å². The van der Waals surface area contributed by atoms with E-state index in [9.17, 15) is 17.6 Å². The third-order valence-electron chi connectivity index (χ3n) is 4.45. The zero-order valence-electron chi connectivity index (χ0n) is 14.2. The number of halogens is 1. The molecule has 0 bridgehead atoms. The zero-order chi connectivity index (χ0) is 17.7. The molecule has 1 aliphatic rings. The number of rotatable bonds is 6. The van der Waals surface area contributed by atoms with Gasteiger partial charge in [0.1, 0.15) is 5.82 Å². The van der Waals surface area contributed by atoms with Gasteiger partial charge in [-0.25, -0.2) is 12.8 Å². The third-order valence-corrected chi connectivity index (χ3v) is 5.73. The lowest BCUT2D eigenvalue weighted by atomic mass is 9.95. The van der Waals surface area contributed by atoms with Crippen LogP contribution in [-0.4, -0.2) is 37.5 Å². The summed E-state index contributed by atoms with van der Waals surface area (Å²) in [6, 6.07) is 5.48. The first-order valence-electron chi connectivity index (χ1n) is 8.29. The molecule has 134 valence electrons. The Morgan fingerprint density at radius 3 is 2.38 bits per heavy atom. The van der Waals surface area contributed by atoms with Gasteiger partial charge in [-0.15, -0.1) is 0 Å². The van der Waals surface area contributed by atoms with Crippen LogP contribution in [0.15, 0.2) is 24.3 Å². The molecular weight excluding hydrogens is 331 g/mol. The number of amides is 1. The molecule has 1 atom stereocenters. The van der Waals surface area contributed by atoms with Crippen LogP contribution in [0.5, 0.6) is 0 Å². The fourth-order valence-corrected chi connectivity index (χ4v) is 4.25. The molecule has 1 aromatic rings. The van der Waals surface area contributed by atoms with Crippen molar-refractivity contribution >= 4 is 15.9 Å². The van der Waals surface area contributed by atoms with Crippen LogP contribution in [0.2, 0.25) is 0 Å². The summed E-state index contributed by atoms with van der Waals surface area (Å²) in [5.41, 5.74) is 0.772. The second kappa shape index (κ2) is 8.07. The summed E-state index contributed by atoms with van der Waals surface area (Å²) in [6.07, 6.45) is 5.84. The third kappa shape index (κ3) is 5.27. The van der Waals surface area contributed by atoms with Crippen molar-refractivity contribution in [2.75, 3.05) is 12.8 Å². The molecule has 7 heteroatoms. The number of carbonyl (C=O) groups excluding carboxylic acids is 1. The molecule has 0 radical (unpaired) electrons. The van der Waals surface area contributed by atoms with E-state index in [0.717, 1.165) is 43.9 Å². The van der Waals surface area contributed by atoms with Crippen molar-refractivity contribution in [3.63, 3.8) is 0 Å². The van der Waals surface area contributed by atoms with Crippen LogP contribution >= 0.6 is 0 Å². The van der Waals surface area contributed by atoms with Gasteiger partial charge in [0.2, 0.25) is 15.9 Å². The number of hydrogen-bond donors (Lipinski definition) is 1.